The zero-order valence-corrected chi connectivity index (χ0v) is 14.2. The summed E-state index contributed by atoms with van der Waals surface area (Å²) in [5.41, 5.74) is -0.729. The van der Waals surface area contributed by atoms with Crippen LogP contribution in [0.25, 0.3) is 0 Å². The van der Waals surface area contributed by atoms with Gasteiger partial charge >= 0.3 is 5.97 Å². The van der Waals surface area contributed by atoms with Gasteiger partial charge in [0.15, 0.2) is 0 Å². The largest absolute Gasteiger partial charge is 0.469 e. The molecule has 128 valence electrons. The molecule has 8 nitrogen and oxygen atoms in total. The van der Waals surface area contributed by atoms with Crippen molar-refractivity contribution < 1.29 is 22.9 Å². The summed E-state index contributed by atoms with van der Waals surface area (Å²) in [7, 11) is -2.69. The third kappa shape index (κ3) is 5.29. The van der Waals surface area contributed by atoms with Crippen LogP contribution in [0, 0.1) is 15.5 Å². The van der Waals surface area contributed by atoms with Crippen molar-refractivity contribution in [3.8, 4) is 0 Å². The predicted molar refractivity (Wildman–Crippen MR) is 83.3 cm³/mol. The summed E-state index contributed by atoms with van der Waals surface area (Å²) in [5, 5.41) is 10.6. The van der Waals surface area contributed by atoms with E-state index in [4.69, 9.17) is 0 Å². The van der Waals surface area contributed by atoms with E-state index in [1.807, 2.05) is 0 Å². The van der Waals surface area contributed by atoms with Gasteiger partial charge in [0, 0.05) is 18.2 Å². The van der Waals surface area contributed by atoms with Gasteiger partial charge < -0.3 is 4.74 Å². The lowest BCUT2D eigenvalue weighted by atomic mass is 9.85. The van der Waals surface area contributed by atoms with Crippen molar-refractivity contribution in [3.05, 3.63) is 34.4 Å². The standard InChI is InChI=1S/C14H20N2O6S/c1-14(2,3)12(9-13(17)22-4)15-23(20,21)11-7-5-10(6-8-11)16(18)19/h5-8,12,15H,9H2,1-4H3/t12-/m0/s1. The van der Waals surface area contributed by atoms with Crippen LogP contribution in [0.4, 0.5) is 5.69 Å². The fourth-order valence-corrected chi connectivity index (χ4v) is 3.22. The van der Waals surface area contributed by atoms with Crippen LogP contribution in [-0.2, 0) is 19.6 Å². The van der Waals surface area contributed by atoms with Crippen molar-refractivity contribution in [2.45, 2.75) is 38.1 Å². The Morgan fingerprint density at radius 2 is 1.83 bits per heavy atom. The van der Waals surface area contributed by atoms with E-state index < -0.39 is 32.4 Å². The van der Waals surface area contributed by atoms with E-state index in [9.17, 15) is 23.3 Å². The van der Waals surface area contributed by atoms with Crippen LogP contribution in [0.2, 0.25) is 0 Å². The van der Waals surface area contributed by atoms with Gasteiger partial charge in [-0.15, -0.1) is 0 Å². The summed E-state index contributed by atoms with van der Waals surface area (Å²) >= 11 is 0. The SMILES string of the molecule is COC(=O)C[C@H](NS(=O)(=O)c1ccc([N+](=O)[O-])cc1)C(C)(C)C. The average molecular weight is 344 g/mol. The highest BCUT2D eigenvalue weighted by atomic mass is 32.2. The minimum absolute atomic E-state index is 0.109. The molecule has 23 heavy (non-hydrogen) atoms. The lowest BCUT2D eigenvalue weighted by Gasteiger charge is -2.30. The molecule has 0 spiro atoms. The summed E-state index contributed by atoms with van der Waals surface area (Å²) in [6.07, 6.45) is -0.119. The number of non-ortho nitro benzene ring substituents is 1. The number of ether oxygens (including phenoxy) is 1. The normalized spacial score (nSPS) is 13.4. The highest BCUT2D eigenvalue weighted by Crippen LogP contribution is 2.25. The maximum Gasteiger partial charge on any atom is 0.307 e. The second-order valence-corrected chi connectivity index (χ2v) is 7.79. The molecule has 1 N–H and O–H groups in total. The molecule has 0 fully saturated rings. The Balaban J connectivity index is 3.05. The number of hydrogen-bond acceptors (Lipinski definition) is 6. The van der Waals surface area contributed by atoms with Crippen molar-refractivity contribution in [1.82, 2.24) is 4.72 Å². The summed E-state index contributed by atoms with van der Waals surface area (Å²) in [6.45, 7) is 5.37. The number of nitrogens with one attached hydrogen (secondary N) is 1. The lowest BCUT2D eigenvalue weighted by Crippen LogP contribution is -2.45. The number of carbonyl (C=O) groups is 1. The molecule has 1 aromatic rings. The first-order valence-electron chi connectivity index (χ1n) is 6.81. The van der Waals surface area contributed by atoms with E-state index >= 15 is 0 Å². The van der Waals surface area contributed by atoms with Crippen LogP contribution in [-0.4, -0.2) is 32.5 Å². The molecule has 1 atom stereocenters. The Labute approximate surface area is 135 Å². The van der Waals surface area contributed by atoms with Crippen molar-refractivity contribution in [2.75, 3.05) is 7.11 Å². The van der Waals surface area contributed by atoms with Gasteiger partial charge in [-0.25, -0.2) is 13.1 Å². The predicted octanol–water partition coefficient (Wildman–Crippen LogP) is 1.85. The lowest BCUT2D eigenvalue weighted by molar-refractivity contribution is -0.384. The fraction of sp³-hybridized carbons (Fsp3) is 0.500. The first-order chi connectivity index (χ1) is 10.5. The minimum Gasteiger partial charge on any atom is -0.469 e. The third-order valence-corrected chi connectivity index (χ3v) is 4.79. The zero-order chi connectivity index (χ0) is 17.8. The molecule has 0 bridgehead atoms. The average Bonchev–Trinajstić information content (AvgIpc) is 2.45. The van der Waals surface area contributed by atoms with Gasteiger partial charge in [0.05, 0.1) is 23.3 Å². The molecule has 0 saturated carbocycles. The van der Waals surface area contributed by atoms with Crippen molar-refractivity contribution in [1.29, 1.82) is 0 Å². The Bertz CT molecular complexity index is 676. The van der Waals surface area contributed by atoms with Crippen molar-refractivity contribution >= 4 is 21.7 Å². The van der Waals surface area contributed by atoms with Crippen LogP contribution in [0.3, 0.4) is 0 Å². The molecule has 0 aliphatic heterocycles. The highest BCUT2D eigenvalue weighted by Gasteiger charge is 2.32. The number of sulfonamides is 1. The van der Waals surface area contributed by atoms with Gasteiger partial charge in [-0.2, -0.15) is 0 Å². The number of methoxy groups -OCH3 is 1. The summed E-state index contributed by atoms with van der Waals surface area (Å²) in [4.78, 5) is 21.4. The highest BCUT2D eigenvalue weighted by molar-refractivity contribution is 7.89. The number of nitro groups is 1. The first kappa shape index (κ1) is 19.0. The fourth-order valence-electron chi connectivity index (χ4n) is 1.78. The number of rotatable bonds is 6. The smallest absolute Gasteiger partial charge is 0.307 e. The van der Waals surface area contributed by atoms with E-state index in [0.717, 1.165) is 24.3 Å². The van der Waals surface area contributed by atoms with E-state index in [1.165, 1.54) is 7.11 Å². The second kappa shape index (κ2) is 7.05. The maximum atomic E-state index is 12.4. The Morgan fingerprint density at radius 3 is 2.22 bits per heavy atom. The number of nitrogens with zero attached hydrogens (tertiary/aromatic N) is 1. The Morgan fingerprint density at radius 1 is 1.30 bits per heavy atom. The van der Waals surface area contributed by atoms with Gasteiger partial charge in [0.1, 0.15) is 0 Å². The van der Waals surface area contributed by atoms with Gasteiger partial charge in [0.2, 0.25) is 10.0 Å². The number of carbonyl (C=O) groups excluding carboxylic acids is 1. The summed E-state index contributed by atoms with van der Waals surface area (Å²) in [5.74, 6) is -0.531. The molecule has 1 rings (SSSR count). The number of nitro benzene ring substituents is 1. The van der Waals surface area contributed by atoms with Gasteiger partial charge in [0.25, 0.3) is 5.69 Å². The molecular weight excluding hydrogens is 324 g/mol. The van der Waals surface area contributed by atoms with E-state index in [-0.39, 0.29) is 17.0 Å². The van der Waals surface area contributed by atoms with Crippen LogP contribution in [0.15, 0.2) is 29.2 Å². The van der Waals surface area contributed by atoms with Gasteiger partial charge in [-0.05, 0) is 17.5 Å². The zero-order valence-electron chi connectivity index (χ0n) is 13.4. The number of esters is 1. The van der Waals surface area contributed by atoms with Crippen LogP contribution in [0.5, 0.6) is 0 Å². The van der Waals surface area contributed by atoms with Gasteiger partial charge in [-0.3, -0.25) is 14.9 Å². The van der Waals surface area contributed by atoms with E-state index in [1.54, 1.807) is 20.8 Å². The molecule has 0 aliphatic rings. The summed E-state index contributed by atoms with van der Waals surface area (Å²) < 4.78 is 31.9. The van der Waals surface area contributed by atoms with Crippen molar-refractivity contribution in [3.63, 3.8) is 0 Å². The number of benzene rings is 1. The molecule has 1 aromatic carbocycles. The molecule has 0 saturated heterocycles. The van der Waals surface area contributed by atoms with E-state index in [0.29, 0.717) is 0 Å². The molecule has 0 amide bonds. The molecular formula is C14H20N2O6S. The van der Waals surface area contributed by atoms with Crippen LogP contribution >= 0.6 is 0 Å². The van der Waals surface area contributed by atoms with E-state index in [2.05, 4.69) is 9.46 Å². The minimum atomic E-state index is -3.92. The topological polar surface area (TPSA) is 116 Å². The molecule has 0 radical (unpaired) electrons. The molecule has 0 unspecified atom stereocenters. The van der Waals surface area contributed by atoms with Crippen LogP contribution < -0.4 is 4.72 Å². The molecule has 0 aliphatic carbocycles. The third-order valence-electron chi connectivity index (χ3n) is 3.30. The quantitative estimate of drug-likeness (QED) is 0.478. The van der Waals surface area contributed by atoms with Gasteiger partial charge in [-0.1, -0.05) is 20.8 Å². The molecule has 9 heteroatoms. The monoisotopic (exact) mass is 344 g/mol. The van der Waals surface area contributed by atoms with Crippen molar-refractivity contribution in [2.24, 2.45) is 5.41 Å². The maximum absolute atomic E-state index is 12.4. The summed E-state index contributed by atoms with van der Waals surface area (Å²) in [6, 6.07) is 3.84. The van der Waals surface area contributed by atoms with Crippen LogP contribution in [0.1, 0.15) is 27.2 Å². The number of hydrogen-bond donors (Lipinski definition) is 1. The second-order valence-electron chi connectivity index (χ2n) is 6.07. The first-order valence-corrected chi connectivity index (χ1v) is 8.29. The molecule has 0 aromatic heterocycles. The Kier molecular flexibility index (Phi) is 5.84. The Hall–Kier alpha value is -2.00. The molecule has 0 heterocycles.